The number of benzene rings is 3. The molecule has 5 aromatic rings. The van der Waals surface area contributed by atoms with Crippen LogP contribution in [0.2, 0.25) is 0 Å². The molecule has 2 saturated heterocycles. The predicted octanol–water partition coefficient (Wildman–Crippen LogP) is 4.93. The van der Waals surface area contributed by atoms with Gasteiger partial charge in [0.2, 0.25) is 0 Å². The van der Waals surface area contributed by atoms with E-state index < -0.39 is 5.60 Å². The maximum atomic E-state index is 12.8. The molecule has 11 heteroatoms. The van der Waals surface area contributed by atoms with Gasteiger partial charge in [-0.25, -0.2) is 14.0 Å². The number of ether oxygens (including phenoxy) is 2. The molecule has 0 saturated carbocycles. The fourth-order valence-electron chi connectivity index (χ4n) is 6.65. The van der Waals surface area contributed by atoms with Gasteiger partial charge in [0.15, 0.2) is 0 Å². The van der Waals surface area contributed by atoms with Gasteiger partial charge in [0.1, 0.15) is 17.7 Å². The Morgan fingerprint density at radius 2 is 1.47 bits per heavy atom. The number of rotatable bonds is 11. The lowest BCUT2D eigenvalue weighted by Crippen LogP contribution is -2.46. The Balaban J connectivity index is 0.913. The summed E-state index contributed by atoms with van der Waals surface area (Å²) in [4.78, 5) is 19.3. The van der Waals surface area contributed by atoms with Crippen molar-refractivity contribution in [1.82, 2.24) is 29.3 Å². The highest BCUT2D eigenvalue weighted by Gasteiger charge is 2.43. The van der Waals surface area contributed by atoms with Crippen LogP contribution in [0.4, 0.5) is 11.4 Å². The van der Waals surface area contributed by atoms with Crippen molar-refractivity contribution in [2.24, 2.45) is 5.92 Å². The van der Waals surface area contributed by atoms with Crippen LogP contribution in [0, 0.1) is 5.92 Å². The van der Waals surface area contributed by atoms with Gasteiger partial charge in [-0.15, -0.1) is 0 Å². The van der Waals surface area contributed by atoms with Crippen LogP contribution in [-0.2, 0) is 16.9 Å². The standard InChI is InChI=1S/C36H42N8O3/c1-3-28(2)44-35(45)42(27-39-44)33-11-9-31(10-12-33)40-19-21-41(22-20-40)32-13-15-34(16-14-32)46-24-29-23-36(47-25-29,26-43-37-17-18-38-43)30-7-5-4-6-8-30/h4-18,27-29H,3,19-26H2,1-2H3/t28?,29-,36+/m1/s1. The number of hydrogen-bond acceptors (Lipinski definition) is 8. The number of anilines is 2. The van der Waals surface area contributed by atoms with E-state index in [4.69, 9.17) is 9.47 Å². The average molecular weight is 635 g/mol. The number of aromatic nitrogens is 6. The highest BCUT2D eigenvalue weighted by atomic mass is 16.5. The Bertz CT molecular complexity index is 1780. The van der Waals surface area contributed by atoms with Crippen LogP contribution in [-0.4, -0.2) is 68.7 Å². The molecule has 2 aromatic heterocycles. The van der Waals surface area contributed by atoms with Crippen molar-refractivity contribution in [3.8, 4) is 11.4 Å². The SMILES string of the molecule is CCC(C)n1ncn(-c2ccc(N3CCN(c4ccc(OC[C@@H]5CO[C@@](Cn6nccn6)(c6ccccc6)C5)cc4)CC3)cc2)c1=O. The first-order valence-corrected chi connectivity index (χ1v) is 16.5. The third-order valence-electron chi connectivity index (χ3n) is 9.54. The van der Waals surface area contributed by atoms with Crippen LogP contribution in [0.3, 0.4) is 0 Å². The van der Waals surface area contributed by atoms with Gasteiger partial charge in [-0.05, 0) is 73.9 Å². The van der Waals surface area contributed by atoms with Gasteiger partial charge < -0.3 is 19.3 Å². The van der Waals surface area contributed by atoms with Gasteiger partial charge in [-0.2, -0.15) is 20.1 Å². The third kappa shape index (κ3) is 6.53. The summed E-state index contributed by atoms with van der Waals surface area (Å²) in [6.07, 6.45) is 6.71. The van der Waals surface area contributed by atoms with E-state index in [2.05, 4.69) is 92.7 Å². The molecule has 0 bridgehead atoms. The molecule has 244 valence electrons. The second-order valence-electron chi connectivity index (χ2n) is 12.6. The largest absolute Gasteiger partial charge is 0.493 e. The minimum absolute atomic E-state index is 0.0771. The van der Waals surface area contributed by atoms with Crippen LogP contribution in [0.15, 0.2) is 102 Å². The van der Waals surface area contributed by atoms with Crippen LogP contribution < -0.4 is 20.2 Å². The van der Waals surface area contributed by atoms with Crippen LogP contribution in [0.1, 0.15) is 38.3 Å². The van der Waals surface area contributed by atoms with Crippen LogP contribution >= 0.6 is 0 Å². The monoisotopic (exact) mass is 634 g/mol. The number of nitrogens with zero attached hydrogens (tertiary/aromatic N) is 8. The Morgan fingerprint density at radius 1 is 0.851 bits per heavy atom. The molecule has 2 fully saturated rings. The van der Waals surface area contributed by atoms with Gasteiger partial charge in [-0.1, -0.05) is 37.3 Å². The zero-order valence-electron chi connectivity index (χ0n) is 27.1. The molecule has 3 aromatic carbocycles. The zero-order valence-corrected chi connectivity index (χ0v) is 27.1. The predicted molar refractivity (Wildman–Crippen MR) is 181 cm³/mol. The highest BCUT2D eigenvalue weighted by Crippen LogP contribution is 2.40. The quantitative estimate of drug-likeness (QED) is 0.202. The third-order valence-corrected chi connectivity index (χ3v) is 9.54. The fourth-order valence-corrected chi connectivity index (χ4v) is 6.65. The molecular weight excluding hydrogens is 592 g/mol. The van der Waals surface area contributed by atoms with Crippen molar-refractivity contribution in [1.29, 1.82) is 0 Å². The average Bonchev–Trinajstić information content (AvgIpc) is 3.89. The maximum absolute atomic E-state index is 12.8. The summed E-state index contributed by atoms with van der Waals surface area (Å²) in [6.45, 7) is 9.54. The molecule has 0 aliphatic carbocycles. The fraction of sp³-hybridized carbons (Fsp3) is 0.389. The van der Waals surface area contributed by atoms with Crippen molar-refractivity contribution in [3.05, 3.63) is 114 Å². The van der Waals surface area contributed by atoms with Gasteiger partial charge in [0.25, 0.3) is 0 Å². The zero-order chi connectivity index (χ0) is 32.2. The van der Waals surface area contributed by atoms with Gasteiger partial charge >= 0.3 is 5.69 Å². The lowest BCUT2D eigenvalue weighted by atomic mass is 9.87. The Kier molecular flexibility index (Phi) is 8.80. The lowest BCUT2D eigenvalue weighted by molar-refractivity contribution is -0.0209. The molecule has 11 nitrogen and oxygen atoms in total. The Morgan fingerprint density at radius 3 is 2.11 bits per heavy atom. The number of hydrogen-bond donors (Lipinski definition) is 0. The summed E-state index contributed by atoms with van der Waals surface area (Å²) in [5.41, 5.74) is 3.75. The summed E-state index contributed by atoms with van der Waals surface area (Å²) >= 11 is 0. The van der Waals surface area contributed by atoms with E-state index in [9.17, 15) is 4.79 Å². The summed E-state index contributed by atoms with van der Waals surface area (Å²) < 4.78 is 15.9. The van der Waals surface area contributed by atoms with E-state index >= 15 is 0 Å². The summed E-state index contributed by atoms with van der Waals surface area (Å²) in [5.74, 6) is 1.13. The minimum atomic E-state index is -0.473. The molecule has 0 spiro atoms. The van der Waals surface area contributed by atoms with Crippen molar-refractivity contribution < 1.29 is 9.47 Å². The smallest absolute Gasteiger partial charge is 0.350 e. The molecule has 7 rings (SSSR count). The molecule has 1 unspecified atom stereocenters. The van der Waals surface area contributed by atoms with Gasteiger partial charge in [0, 0.05) is 43.5 Å². The summed E-state index contributed by atoms with van der Waals surface area (Å²) in [5, 5.41) is 13.0. The number of piperazine rings is 1. The molecule has 47 heavy (non-hydrogen) atoms. The van der Waals surface area contributed by atoms with Crippen LogP contribution in [0.5, 0.6) is 5.75 Å². The van der Waals surface area contributed by atoms with E-state index in [0.717, 1.165) is 61.7 Å². The second kappa shape index (κ2) is 13.4. The van der Waals surface area contributed by atoms with E-state index in [0.29, 0.717) is 19.8 Å². The summed E-state index contributed by atoms with van der Waals surface area (Å²) in [7, 11) is 0. The first-order valence-electron chi connectivity index (χ1n) is 16.5. The Hall–Kier alpha value is -4.90. The van der Waals surface area contributed by atoms with Crippen molar-refractivity contribution in [3.63, 3.8) is 0 Å². The van der Waals surface area contributed by atoms with Crippen LogP contribution in [0.25, 0.3) is 5.69 Å². The second-order valence-corrected chi connectivity index (χ2v) is 12.6. The molecule has 2 aliphatic rings. The van der Waals surface area contributed by atoms with Crippen molar-refractivity contribution >= 4 is 11.4 Å². The summed E-state index contributed by atoms with van der Waals surface area (Å²) in [6, 6.07) is 27.1. The normalized spacial score (nSPS) is 20.4. The molecule has 4 heterocycles. The van der Waals surface area contributed by atoms with E-state index in [1.165, 1.54) is 5.69 Å². The molecular formula is C36H42N8O3. The minimum Gasteiger partial charge on any atom is -0.493 e. The van der Waals surface area contributed by atoms with Crippen molar-refractivity contribution in [2.45, 2.75) is 44.9 Å². The van der Waals surface area contributed by atoms with E-state index in [1.807, 2.05) is 25.1 Å². The topological polar surface area (TPSA) is 95.5 Å². The first-order chi connectivity index (χ1) is 23.0. The Labute approximate surface area is 274 Å². The molecule has 0 radical (unpaired) electrons. The molecule has 0 N–H and O–H groups in total. The van der Waals surface area contributed by atoms with E-state index in [1.54, 1.807) is 32.8 Å². The highest BCUT2D eigenvalue weighted by molar-refractivity contribution is 5.54. The molecule has 2 aliphatic heterocycles. The maximum Gasteiger partial charge on any atom is 0.350 e. The molecule has 3 atom stereocenters. The lowest BCUT2D eigenvalue weighted by Gasteiger charge is -2.37. The van der Waals surface area contributed by atoms with Crippen molar-refractivity contribution in [2.75, 3.05) is 49.2 Å². The molecule has 0 amide bonds. The van der Waals surface area contributed by atoms with E-state index in [-0.39, 0.29) is 17.6 Å². The first kappa shape index (κ1) is 30.7. The van der Waals surface area contributed by atoms with Gasteiger partial charge in [0.05, 0.1) is 43.9 Å². The van der Waals surface area contributed by atoms with Gasteiger partial charge in [-0.3, -0.25) is 0 Å².